The van der Waals surface area contributed by atoms with E-state index in [2.05, 4.69) is 33.8 Å². The lowest BCUT2D eigenvalue weighted by Crippen LogP contribution is -2.53. The second-order valence-corrected chi connectivity index (χ2v) is 8.54. The van der Waals surface area contributed by atoms with Gasteiger partial charge in [-0.3, -0.25) is 19.3 Å². The zero-order valence-electron chi connectivity index (χ0n) is 18.3. The highest BCUT2D eigenvalue weighted by Crippen LogP contribution is 2.24. The van der Waals surface area contributed by atoms with Crippen LogP contribution in [0.5, 0.6) is 0 Å². The maximum Gasteiger partial charge on any atom is 0.255 e. The van der Waals surface area contributed by atoms with Crippen molar-refractivity contribution in [1.29, 1.82) is 0 Å². The monoisotopic (exact) mass is 455 g/mol. The van der Waals surface area contributed by atoms with E-state index >= 15 is 0 Å². The molecule has 1 aromatic carbocycles. The summed E-state index contributed by atoms with van der Waals surface area (Å²) in [4.78, 5) is 26.0. The van der Waals surface area contributed by atoms with Gasteiger partial charge in [0, 0.05) is 55.9 Å². The van der Waals surface area contributed by atoms with Crippen LogP contribution in [0, 0.1) is 0 Å². The van der Waals surface area contributed by atoms with E-state index in [0.29, 0.717) is 29.8 Å². The maximum atomic E-state index is 14.5. The molecule has 0 aliphatic carbocycles. The number of halogens is 2. The fraction of sp³-hybridized carbons (Fsp3) is 0.375. The van der Waals surface area contributed by atoms with Gasteiger partial charge < -0.3 is 4.90 Å². The van der Waals surface area contributed by atoms with Gasteiger partial charge in [0.1, 0.15) is 5.83 Å². The van der Waals surface area contributed by atoms with Crippen molar-refractivity contribution < 1.29 is 4.39 Å². The summed E-state index contributed by atoms with van der Waals surface area (Å²) in [5.74, 6) is 0.0802. The fourth-order valence-corrected chi connectivity index (χ4v) is 4.29. The summed E-state index contributed by atoms with van der Waals surface area (Å²) in [6.07, 6.45) is 5.57. The molecule has 0 saturated carbocycles. The summed E-state index contributed by atoms with van der Waals surface area (Å²) in [7, 11) is 1.71. The van der Waals surface area contributed by atoms with Crippen LogP contribution in [0.2, 0.25) is 5.02 Å². The fourth-order valence-electron chi connectivity index (χ4n) is 4.16. The Hall–Kier alpha value is -2.77. The van der Waals surface area contributed by atoms with Crippen LogP contribution < -0.4 is 10.5 Å². The summed E-state index contributed by atoms with van der Waals surface area (Å²) >= 11 is 6.02. The molecule has 32 heavy (non-hydrogen) atoms. The smallest absolute Gasteiger partial charge is 0.255 e. The van der Waals surface area contributed by atoms with Gasteiger partial charge in [0.05, 0.1) is 18.5 Å². The largest absolute Gasteiger partial charge is 0.339 e. The van der Waals surface area contributed by atoms with Gasteiger partial charge in [-0.05, 0) is 24.1 Å². The molecule has 1 aromatic heterocycles. The van der Waals surface area contributed by atoms with Crippen LogP contribution >= 0.6 is 11.6 Å². The highest BCUT2D eigenvalue weighted by Gasteiger charge is 2.28. The molecule has 4 rings (SSSR count). The van der Waals surface area contributed by atoms with Crippen molar-refractivity contribution in [2.45, 2.75) is 25.9 Å². The Morgan fingerprint density at radius 3 is 2.75 bits per heavy atom. The van der Waals surface area contributed by atoms with E-state index in [1.54, 1.807) is 19.2 Å². The molecule has 2 aliphatic rings. The first-order valence-corrected chi connectivity index (χ1v) is 11.2. The van der Waals surface area contributed by atoms with Gasteiger partial charge in [-0.25, -0.2) is 9.37 Å². The minimum atomic E-state index is -0.482. The number of rotatable bonds is 5. The van der Waals surface area contributed by atoms with Crippen molar-refractivity contribution in [3.63, 3.8) is 0 Å². The predicted octanol–water partition coefficient (Wildman–Crippen LogP) is 3.86. The van der Waals surface area contributed by atoms with E-state index in [1.165, 1.54) is 22.4 Å². The molecule has 168 valence electrons. The average Bonchev–Trinajstić information content (AvgIpc) is 3.01. The van der Waals surface area contributed by atoms with Crippen LogP contribution in [0.3, 0.4) is 0 Å². The topological polar surface area (TPSA) is 53.7 Å². The van der Waals surface area contributed by atoms with E-state index < -0.39 is 5.83 Å². The van der Waals surface area contributed by atoms with Gasteiger partial charge >= 0.3 is 0 Å². The van der Waals surface area contributed by atoms with E-state index in [9.17, 15) is 9.18 Å². The number of nitrogens with zero attached hydrogens (tertiary/aromatic N) is 5. The Morgan fingerprint density at radius 1 is 1.22 bits per heavy atom. The zero-order chi connectivity index (χ0) is 22.7. The normalized spacial score (nSPS) is 19.5. The molecule has 0 amide bonds. The van der Waals surface area contributed by atoms with Crippen molar-refractivity contribution >= 4 is 29.3 Å². The molecule has 1 fully saturated rings. The summed E-state index contributed by atoms with van der Waals surface area (Å²) < 4.78 is 16.0. The van der Waals surface area contributed by atoms with E-state index in [1.807, 2.05) is 12.1 Å². The summed E-state index contributed by atoms with van der Waals surface area (Å²) in [6, 6.07) is 9.64. The number of piperazine rings is 1. The molecule has 0 bridgehead atoms. The average molecular weight is 456 g/mol. The van der Waals surface area contributed by atoms with Gasteiger partial charge in [-0.2, -0.15) is 0 Å². The van der Waals surface area contributed by atoms with Gasteiger partial charge in [0.2, 0.25) is 5.95 Å². The number of hydrogen-bond donors (Lipinski definition) is 0. The number of aliphatic imine (C=N–C) groups is 1. The first kappa shape index (κ1) is 22.4. The van der Waals surface area contributed by atoms with E-state index in [0.717, 1.165) is 37.6 Å². The summed E-state index contributed by atoms with van der Waals surface area (Å²) in [5.41, 5.74) is 1.63. The number of hydrogen-bond acceptors (Lipinski definition) is 5. The Bertz CT molecular complexity index is 1120. The molecular formula is C24H27ClFN5O. The van der Waals surface area contributed by atoms with Crippen molar-refractivity contribution in [3.05, 3.63) is 74.9 Å². The molecule has 1 atom stereocenters. The molecule has 2 aromatic rings. The molecule has 1 unspecified atom stereocenters. The van der Waals surface area contributed by atoms with Crippen molar-refractivity contribution in [1.82, 2.24) is 14.5 Å². The van der Waals surface area contributed by atoms with E-state index in [-0.39, 0.29) is 5.56 Å². The molecule has 0 spiro atoms. The van der Waals surface area contributed by atoms with Gasteiger partial charge in [0.15, 0.2) is 0 Å². The highest BCUT2D eigenvalue weighted by molar-refractivity contribution is 6.30. The molecule has 0 radical (unpaired) electrons. The predicted molar refractivity (Wildman–Crippen MR) is 128 cm³/mol. The summed E-state index contributed by atoms with van der Waals surface area (Å²) in [6.45, 7) is 5.73. The Morgan fingerprint density at radius 2 is 2.00 bits per heavy atom. The van der Waals surface area contributed by atoms with Crippen LogP contribution in [-0.2, 0) is 13.6 Å². The van der Waals surface area contributed by atoms with Crippen molar-refractivity contribution in [3.8, 4) is 0 Å². The Balaban J connectivity index is 1.59. The van der Waals surface area contributed by atoms with Crippen LogP contribution in [0.15, 0.2) is 58.1 Å². The molecule has 6 nitrogen and oxygen atoms in total. The molecular weight excluding hydrogens is 429 g/mol. The number of aromatic nitrogens is 2. The second kappa shape index (κ2) is 9.79. The highest BCUT2D eigenvalue weighted by atomic mass is 35.5. The minimum absolute atomic E-state index is 0.212. The quantitative estimate of drug-likeness (QED) is 0.687. The maximum absolute atomic E-state index is 14.5. The van der Waals surface area contributed by atoms with Crippen molar-refractivity contribution in [2.75, 3.05) is 31.1 Å². The van der Waals surface area contributed by atoms with Crippen molar-refractivity contribution in [2.24, 2.45) is 12.0 Å². The molecule has 0 N–H and O–H groups in total. The second-order valence-electron chi connectivity index (χ2n) is 8.10. The first-order chi connectivity index (χ1) is 15.5. The molecule has 8 heteroatoms. The Kier molecular flexibility index (Phi) is 6.86. The lowest BCUT2D eigenvalue weighted by atomic mass is 10.1. The number of benzene rings is 1. The van der Waals surface area contributed by atoms with Crippen LogP contribution in [-0.4, -0.2) is 52.9 Å². The molecule has 1 saturated heterocycles. The van der Waals surface area contributed by atoms with Gasteiger partial charge in [0.25, 0.3) is 5.56 Å². The van der Waals surface area contributed by atoms with E-state index in [4.69, 9.17) is 16.6 Å². The third-order valence-corrected chi connectivity index (χ3v) is 6.25. The van der Waals surface area contributed by atoms with Crippen LogP contribution in [0.25, 0.3) is 5.57 Å². The SMILES string of the molecule is CCC1CN(c2nc(C3=C(F)C=NCC=C3)cc(=O)n2C)CCN1Cc1ccc(Cl)cc1. The lowest BCUT2D eigenvalue weighted by molar-refractivity contribution is 0.162. The Labute approximate surface area is 192 Å². The third-order valence-electron chi connectivity index (χ3n) is 6.00. The van der Waals surface area contributed by atoms with Gasteiger partial charge in [-0.1, -0.05) is 42.8 Å². The molecule has 3 heterocycles. The minimum Gasteiger partial charge on any atom is -0.339 e. The zero-order valence-corrected chi connectivity index (χ0v) is 19.1. The number of anilines is 1. The van der Waals surface area contributed by atoms with Crippen LogP contribution in [0.4, 0.5) is 10.3 Å². The first-order valence-electron chi connectivity index (χ1n) is 10.8. The van der Waals surface area contributed by atoms with Crippen LogP contribution in [0.1, 0.15) is 24.6 Å². The summed E-state index contributed by atoms with van der Waals surface area (Å²) in [5, 5.41) is 0.735. The lowest BCUT2D eigenvalue weighted by Gasteiger charge is -2.42. The standard InChI is InChI=1S/C24H27ClFN5O/c1-3-19-16-31(12-11-30(19)15-17-6-8-18(25)9-7-17)24-28-22(13-23(32)29(24)2)20-5-4-10-27-14-21(20)26/h4-9,13-14,19H,3,10-12,15-16H2,1-2H3. The third kappa shape index (κ3) is 4.84. The number of allylic oxidation sites excluding steroid dienone is 3. The molecule has 2 aliphatic heterocycles. The van der Waals surface area contributed by atoms with Gasteiger partial charge in [-0.15, -0.1) is 0 Å².